The summed E-state index contributed by atoms with van der Waals surface area (Å²) in [5.41, 5.74) is 6.94. The van der Waals surface area contributed by atoms with Gasteiger partial charge in [-0.25, -0.2) is 0 Å². The van der Waals surface area contributed by atoms with Crippen LogP contribution in [0.3, 0.4) is 0 Å². The number of hydrogen-bond acceptors (Lipinski definition) is 3. The molecule has 1 saturated heterocycles. The second kappa shape index (κ2) is 7.82. The molecule has 1 aliphatic heterocycles. The molecule has 1 aromatic carbocycles. The average molecular weight is 303 g/mol. The fourth-order valence-electron chi connectivity index (χ4n) is 2.69. The second-order valence-corrected chi connectivity index (χ2v) is 5.83. The van der Waals surface area contributed by atoms with Crippen LogP contribution in [0.2, 0.25) is 0 Å². The van der Waals surface area contributed by atoms with E-state index in [0.29, 0.717) is 24.3 Å². The van der Waals surface area contributed by atoms with Gasteiger partial charge in [0.15, 0.2) is 0 Å². The molecule has 0 radical (unpaired) electrons. The van der Waals surface area contributed by atoms with Crippen molar-refractivity contribution < 1.29 is 9.59 Å². The lowest BCUT2D eigenvalue weighted by atomic mass is 9.95. The van der Waals surface area contributed by atoms with Crippen LogP contribution < -0.4 is 11.1 Å². The Balaban J connectivity index is 1.82. The Morgan fingerprint density at radius 2 is 1.86 bits per heavy atom. The first-order chi connectivity index (χ1) is 10.6. The van der Waals surface area contributed by atoms with Gasteiger partial charge >= 0.3 is 0 Å². The predicted octanol–water partition coefficient (Wildman–Crippen LogP) is 2.04. The van der Waals surface area contributed by atoms with Crippen molar-refractivity contribution in [1.82, 2.24) is 10.2 Å². The first-order valence-electron chi connectivity index (χ1n) is 8.04. The number of amides is 2. The van der Waals surface area contributed by atoms with Gasteiger partial charge in [0.2, 0.25) is 5.91 Å². The molecule has 1 fully saturated rings. The molecule has 1 heterocycles. The summed E-state index contributed by atoms with van der Waals surface area (Å²) < 4.78 is 0. The number of benzene rings is 1. The number of anilines is 1. The molecule has 0 atom stereocenters. The minimum Gasteiger partial charge on any atom is -0.399 e. The Morgan fingerprint density at radius 3 is 2.45 bits per heavy atom. The number of nitrogen functional groups attached to an aromatic ring is 1. The lowest BCUT2D eigenvalue weighted by Gasteiger charge is -2.31. The van der Waals surface area contributed by atoms with Gasteiger partial charge in [0.05, 0.1) is 0 Å². The topological polar surface area (TPSA) is 75.4 Å². The number of carbonyl (C=O) groups is 2. The van der Waals surface area contributed by atoms with Gasteiger partial charge in [-0.15, -0.1) is 0 Å². The summed E-state index contributed by atoms with van der Waals surface area (Å²) >= 11 is 0. The quantitative estimate of drug-likeness (QED) is 0.645. The van der Waals surface area contributed by atoms with E-state index < -0.39 is 0 Å². The van der Waals surface area contributed by atoms with Gasteiger partial charge in [-0.2, -0.15) is 0 Å². The highest BCUT2D eigenvalue weighted by Gasteiger charge is 2.27. The minimum atomic E-state index is 0.0184. The number of nitrogens with two attached hydrogens (primary N) is 1. The van der Waals surface area contributed by atoms with Crippen molar-refractivity contribution in [3.05, 3.63) is 29.8 Å². The smallest absolute Gasteiger partial charge is 0.253 e. The summed E-state index contributed by atoms with van der Waals surface area (Å²) in [4.78, 5) is 26.2. The number of rotatable bonds is 5. The van der Waals surface area contributed by atoms with Crippen molar-refractivity contribution in [2.75, 3.05) is 25.4 Å². The molecule has 0 unspecified atom stereocenters. The molecule has 120 valence electrons. The van der Waals surface area contributed by atoms with Crippen LogP contribution in [0.5, 0.6) is 0 Å². The number of piperidine rings is 1. The first kappa shape index (κ1) is 16.3. The van der Waals surface area contributed by atoms with Gasteiger partial charge in [-0.1, -0.05) is 13.3 Å². The van der Waals surface area contributed by atoms with Gasteiger partial charge in [0.1, 0.15) is 0 Å². The maximum atomic E-state index is 12.4. The summed E-state index contributed by atoms with van der Waals surface area (Å²) in [5, 5.41) is 2.98. The Morgan fingerprint density at radius 1 is 1.23 bits per heavy atom. The van der Waals surface area contributed by atoms with E-state index in [4.69, 9.17) is 5.73 Å². The molecule has 2 rings (SSSR count). The van der Waals surface area contributed by atoms with Crippen molar-refractivity contribution in [1.29, 1.82) is 0 Å². The largest absolute Gasteiger partial charge is 0.399 e. The molecule has 3 N–H and O–H groups in total. The Labute approximate surface area is 131 Å². The predicted molar refractivity (Wildman–Crippen MR) is 87.4 cm³/mol. The van der Waals surface area contributed by atoms with Gasteiger partial charge in [-0.05, 0) is 43.5 Å². The molecule has 0 saturated carbocycles. The number of unbranched alkanes of at least 4 members (excludes halogenated alkanes) is 1. The molecule has 1 aromatic rings. The van der Waals surface area contributed by atoms with E-state index in [1.807, 2.05) is 4.90 Å². The SMILES string of the molecule is CCCCNC(=O)C1CCN(C(=O)c2ccc(N)cc2)CC1. The van der Waals surface area contributed by atoms with Gasteiger partial charge in [-0.3, -0.25) is 9.59 Å². The van der Waals surface area contributed by atoms with Gasteiger partial charge < -0.3 is 16.0 Å². The molecular weight excluding hydrogens is 278 g/mol. The van der Waals surface area contributed by atoms with Gasteiger partial charge in [0, 0.05) is 36.8 Å². The van der Waals surface area contributed by atoms with Gasteiger partial charge in [0.25, 0.3) is 5.91 Å². The van der Waals surface area contributed by atoms with Crippen molar-refractivity contribution in [3.63, 3.8) is 0 Å². The van der Waals surface area contributed by atoms with E-state index in [1.54, 1.807) is 24.3 Å². The van der Waals surface area contributed by atoms with Crippen LogP contribution in [0.15, 0.2) is 24.3 Å². The third kappa shape index (κ3) is 4.23. The molecule has 0 aromatic heterocycles. The van der Waals surface area contributed by atoms with Crippen molar-refractivity contribution in [2.24, 2.45) is 5.92 Å². The number of carbonyl (C=O) groups excluding carboxylic acids is 2. The summed E-state index contributed by atoms with van der Waals surface area (Å²) in [5.74, 6) is 0.185. The van der Waals surface area contributed by atoms with E-state index in [0.717, 1.165) is 32.2 Å². The standard InChI is InChI=1S/C17H25N3O2/c1-2-3-10-19-16(21)13-8-11-20(12-9-13)17(22)14-4-6-15(18)7-5-14/h4-7,13H,2-3,8-12,18H2,1H3,(H,19,21). The number of likely N-dealkylation sites (tertiary alicyclic amines) is 1. The van der Waals surface area contributed by atoms with Crippen LogP contribution in [-0.2, 0) is 4.79 Å². The summed E-state index contributed by atoms with van der Waals surface area (Å²) in [6, 6.07) is 6.98. The highest BCUT2D eigenvalue weighted by molar-refractivity contribution is 5.94. The molecular formula is C17H25N3O2. The van der Waals surface area contributed by atoms with Crippen LogP contribution in [0, 0.1) is 5.92 Å². The van der Waals surface area contributed by atoms with E-state index in [9.17, 15) is 9.59 Å². The monoisotopic (exact) mass is 303 g/mol. The van der Waals surface area contributed by atoms with Crippen LogP contribution >= 0.6 is 0 Å². The Bertz CT molecular complexity index is 505. The number of nitrogens with one attached hydrogen (secondary N) is 1. The zero-order chi connectivity index (χ0) is 15.9. The highest BCUT2D eigenvalue weighted by atomic mass is 16.2. The molecule has 0 bridgehead atoms. The molecule has 2 amide bonds. The molecule has 5 nitrogen and oxygen atoms in total. The lowest BCUT2D eigenvalue weighted by molar-refractivity contribution is -0.126. The van der Waals surface area contributed by atoms with Crippen molar-refractivity contribution in [2.45, 2.75) is 32.6 Å². The normalized spacial score (nSPS) is 15.6. The fraction of sp³-hybridized carbons (Fsp3) is 0.529. The van der Waals surface area contributed by atoms with Crippen LogP contribution in [0.25, 0.3) is 0 Å². The van der Waals surface area contributed by atoms with Crippen LogP contribution in [0.1, 0.15) is 43.0 Å². The van der Waals surface area contributed by atoms with E-state index >= 15 is 0 Å². The van der Waals surface area contributed by atoms with Crippen LogP contribution in [-0.4, -0.2) is 36.3 Å². The lowest BCUT2D eigenvalue weighted by Crippen LogP contribution is -2.43. The van der Waals surface area contributed by atoms with Crippen molar-refractivity contribution >= 4 is 17.5 Å². The number of hydrogen-bond donors (Lipinski definition) is 2. The average Bonchev–Trinajstić information content (AvgIpc) is 2.55. The summed E-state index contributed by atoms with van der Waals surface area (Å²) in [7, 11) is 0. The molecule has 0 aliphatic carbocycles. The highest BCUT2D eigenvalue weighted by Crippen LogP contribution is 2.19. The fourth-order valence-corrected chi connectivity index (χ4v) is 2.69. The van der Waals surface area contributed by atoms with E-state index in [1.165, 1.54) is 0 Å². The third-order valence-corrected chi connectivity index (χ3v) is 4.14. The molecule has 0 spiro atoms. The first-order valence-corrected chi connectivity index (χ1v) is 8.04. The van der Waals surface area contributed by atoms with E-state index in [-0.39, 0.29) is 17.7 Å². The summed E-state index contributed by atoms with van der Waals surface area (Å²) in [6.45, 7) is 4.12. The summed E-state index contributed by atoms with van der Waals surface area (Å²) in [6.07, 6.45) is 3.56. The van der Waals surface area contributed by atoms with E-state index in [2.05, 4.69) is 12.2 Å². The zero-order valence-electron chi connectivity index (χ0n) is 13.2. The molecule has 22 heavy (non-hydrogen) atoms. The maximum Gasteiger partial charge on any atom is 0.253 e. The Hall–Kier alpha value is -2.04. The maximum absolute atomic E-state index is 12.4. The van der Waals surface area contributed by atoms with Crippen molar-refractivity contribution in [3.8, 4) is 0 Å². The number of nitrogens with zero attached hydrogens (tertiary/aromatic N) is 1. The zero-order valence-corrected chi connectivity index (χ0v) is 13.2. The minimum absolute atomic E-state index is 0.0184. The molecule has 1 aliphatic rings. The Kier molecular flexibility index (Phi) is 5.81. The third-order valence-electron chi connectivity index (χ3n) is 4.14. The van der Waals surface area contributed by atoms with Crippen LogP contribution in [0.4, 0.5) is 5.69 Å². The second-order valence-electron chi connectivity index (χ2n) is 5.83. The molecule has 5 heteroatoms.